The molecule has 0 aliphatic carbocycles. The number of hydrogen-bond donors (Lipinski definition) is 2. The monoisotopic (exact) mass is 178 g/mol. The van der Waals surface area contributed by atoms with Crippen molar-refractivity contribution in [3.8, 4) is 0 Å². The summed E-state index contributed by atoms with van der Waals surface area (Å²) in [5, 5.41) is 1.01. The largest absolute Gasteiger partial charge is 0.361 e. The molecule has 3 N–H and O–H groups in total. The molecule has 0 bridgehead atoms. The van der Waals surface area contributed by atoms with Crippen LogP contribution in [0.2, 0.25) is 0 Å². The molecule has 0 spiro atoms. The molecule has 1 unspecified atom stereocenters. The van der Waals surface area contributed by atoms with Gasteiger partial charge >= 0.3 is 0 Å². The number of aromatic amines is 1. The van der Waals surface area contributed by atoms with E-state index >= 15 is 0 Å². The SMILES string of the molecule is NC(CF)c1c[nH]c2ccccc12. The van der Waals surface area contributed by atoms with Crippen LogP contribution in [0.1, 0.15) is 11.6 Å². The van der Waals surface area contributed by atoms with Crippen molar-refractivity contribution < 1.29 is 4.39 Å². The molecule has 2 nitrogen and oxygen atoms in total. The summed E-state index contributed by atoms with van der Waals surface area (Å²) < 4.78 is 12.3. The maximum atomic E-state index is 12.3. The number of nitrogens with one attached hydrogen (secondary N) is 1. The van der Waals surface area contributed by atoms with E-state index in [-0.39, 0.29) is 0 Å². The number of para-hydroxylation sites is 1. The van der Waals surface area contributed by atoms with Gasteiger partial charge in [0.15, 0.2) is 0 Å². The third kappa shape index (κ3) is 1.31. The van der Waals surface area contributed by atoms with E-state index in [0.29, 0.717) is 0 Å². The van der Waals surface area contributed by atoms with E-state index in [1.807, 2.05) is 24.3 Å². The number of halogens is 1. The number of nitrogens with two attached hydrogens (primary N) is 1. The summed E-state index contributed by atoms with van der Waals surface area (Å²) in [6.07, 6.45) is 1.77. The second-order valence-corrected chi connectivity index (χ2v) is 3.05. The summed E-state index contributed by atoms with van der Waals surface area (Å²) in [4.78, 5) is 3.06. The molecule has 68 valence electrons. The van der Waals surface area contributed by atoms with Gasteiger partial charge < -0.3 is 10.7 Å². The van der Waals surface area contributed by atoms with E-state index in [1.54, 1.807) is 6.20 Å². The van der Waals surface area contributed by atoms with Crippen LogP contribution in [0.25, 0.3) is 10.9 Å². The van der Waals surface area contributed by atoms with Crippen LogP contribution in [-0.2, 0) is 0 Å². The molecule has 3 heteroatoms. The van der Waals surface area contributed by atoms with E-state index in [9.17, 15) is 4.39 Å². The number of hydrogen-bond acceptors (Lipinski definition) is 1. The zero-order valence-corrected chi connectivity index (χ0v) is 7.13. The number of H-pyrrole nitrogens is 1. The molecule has 0 saturated heterocycles. The van der Waals surface area contributed by atoms with E-state index in [0.717, 1.165) is 16.5 Å². The van der Waals surface area contributed by atoms with Gasteiger partial charge in [0.1, 0.15) is 6.67 Å². The summed E-state index contributed by atoms with van der Waals surface area (Å²) >= 11 is 0. The van der Waals surface area contributed by atoms with Crippen LogP contribution in [0.4, 0.5) is 4.39 Å². The average molecular weight is 178 g/mol. The van der Waals surface area contributed by atoms with Gasteiger partial charge in [0, 0.05) is 17.1 Å². The summed E-state index contributed by atoms with van der Waals surface area (Å²) in [6.45, 7) is -0.526. The van der Waals surface area contributed by atoms with Crippen LogP contribution in [0.3, 0.4) is 0 Å². The lowest BCUT2D eigenvalue weighted by Gasteiger charge is -2.03. The second kappa shape index (κ2) is 3.18. The molecule has 1 atom stereocenters. The van der Waals surface area contributed by atoms with Gasteiger partial charge in [0.05, 0.1) is 6.04 Å². The van der Waals surface area contributed by atoms with Crippen LogP contribution in [-0.4, -0.2) is 11.7 Å². The molecule has 0 radical (unpaired) electrons. The lowest BCUT2D eigenvalue weighted by atomic mass is 10.1. The highest BCUT2D eigenvalue weighted by Gasteiger charge is 2.10. The Morgan fingerprint density at radius 2 is 2.15 bits per heavy atom. The van der Waals surface area contributed by atoms with E-state index < -0.39 is 12.7 Å². The van der Waals surface area contributed by atoms with Crippen LogP contribution >= 0.6 is 0 Å². The highest BCUT2D eigenvalue weighted by Crippen LogP contribution is 2.22. The Labute approximate surface area is 75.6 Å². The lowest BCUT2D eigenvalue weighted by Crippen LogP contribution is -2.11. The predicted octanol–water partition coefficient (Wildman–Crippen LogP) is 2.14. The van der Waals surface area contributed by atoms with Crippen molar-refractivity contribution in [3.05, 3.63) is 36.0 Å². The Bertz CT molecular complexity index is 408. The van der Waals surface area contributed by atoms with Crippen molar-refractivity contribution in [2.75, 3.05) is 6.67 Å². The van der Waals surface area contributed by atoms with Gasteiger partial charge in [-0.1, -0.05) is 18.2 Å². The van der Waals surface area contributed by atoms with Crippen molar-refractivity contribution >= 4 is 10.9 Å². The van der Waals surface area contributed by atoms with Gasteiger partial charge in [-0.15, -0.1) is 0 Å². The molecule has 0 aliphatic heterocycles. The molecule has 1 aromatic carbocycles. The first kappa shape index (κ1) is 8.26. The highest BCUT2D eigenvalue weighted by molar-refractivity contribution is 5.83. The number of benzene rings is 1. The van der Waals surface area contributed by atoms with Gasteiger partial charge in [-0.25, -0.2) is 4.39 Å². The summed E-state index contributed by atoms with van der Waals surface area (Å²) in [6, 6.07) is 7.23. The van der Waals surface area contributed by atoms with Gasteiger partial charge in [-0.2, -0.15) is 0 Å². The summed E-state index contributed by atoms with van der Waals surface area (Å²) in [5.74, 6) is 0. The maximum Gasteiger partial charge on any atom is 0.109 e. The molecule has 2 aromatic rings. The van der Waals surface area contributed by atoms with E-state index in [1.165, 1.54) is 0 Å². The highest BCUT2D eigenvalue weighted by atomic mass is 19.1. The Morgan fingerprint density at radius 1 is 1.38 bits per heavy atom. The molecule has 0 aliphatic rings. The fraction of sp³-hybridized carbons (Fsp3) is 0.200. The minimum absolute atomic E-state index is 0.517. The van der Waals surface area contributed by atoms with Crippen molar-refractivity contribution in [1.29, 1.82) is 0 Å². The van der Waals surface area contributed by atoms with Crippen molar-refractivity contribution in [3.63, 3.8) is 0 Å². The fourth-order valence-electron chi connectivity index (χ4n) is 1.48. The fourth-order valence-corrected chi connectivity index (χ4v) is 1.48. The molecule has 0 amide bonds. The number of alkyl halides is 1. The molecule has 0 saturated carbocycles. The van der Waals surface area contributed by atoms with Gasteiger partial charge in [-0.3, -0.25) is 0 Å². The maximum absolute atomic E-state index is 12.3. The quantitative estimate of drug-likeness (QED) is 0.726. The van der Waals surface area contributed by atoms with Crippen LogP contribution in [0.5, 0.6) is 0 Å². The summed E-state index contributed by atoms with van der Waals surface area (Å²) in [7, 11) is 0. The van der Waals surface area contributed by atoms with Crippen LogP contribution < -0.4 is 5.73 Å². The Balaban J connectivity index is 2.57. The number of fused-ring (bicyclic) bond motifs is 1. The van der Waals surface area contributed by atoms with Gasteiger partial charge in [0.25, 0.3) is 0 Å². The smallest absolute Gasteiger partial charge is 0.109 e. The van der Waals surface area contributed by atoms with Crippen LogP contribution in [0.15, 0.2) is 30.5 Å². The molecule has 1 aromatic heterocycles. The second-order valence-electron chi connectivity index (χ2n) is 3.05. The van der Waals surface area contributed by atoms with Crippen LogP contribution in [0, 0.1) is 0 Å². The first-order valence-corrected chi connectivity index (χ1v) is 4.20. The molecule has 1 heterocycles. The number of aromatic nitrogens is 1. The first-order chi connectivity index (χ1) is 6.33. The Morgan fingerprint density at radius 3 is 2.92 bits per heavy atom. The standard InChI is InChI=1S/C10H11FN2/c11-5-9(12)8-6-13-10-4-2-1-3-7(8)10/h1-4,6,9,13H,5,12H2. The Kier molecular flexibility index (Phi) is 2.02. The van der Waals surface area contributed by atoms with Crippen molar-refractivity contribution in [2.45, 2.75) is 6.04 Å². The lowest BCUT2D eigenvalue weighted by molar-refractivity contribution is 0.438. The Hall–Kier alpha value is -1.35. The minimum atomic E-state index is -0.526. The molecule has 13 heavy (non-hydrogen) atoms. The number of rotatable bonds is 2. The van der Waals surface area contributed by atoms with Crippen molar-refractivity contribution in [2.24, 2.45) is 5.73 Å². The molecular weight excluding hydrogens is 167 g/mol. The topological polar surface area (TPSA) is 41.8 Å². The minimum Gasteiger partial charge on any atom is -0.361 e. The van der Waals surface area contributed by atoms with E-state index in [4.69, 9.17) is 5.73 Å². The van der Waals surface area contributed by atoms with Crippen molar-refractivity contribution in [1.82, 2.24) is 4.98 Å². The summed E-state index contributed by atoms with van der Waals surface area (Å²) in [5.41, 5.74) is 7.46. The third-order valence-corrected chi connectivity index (χ3v) is 2.19. The molecule has 2 rings (SSSR count). The molecular formula is C10H11FN2. The molecule has 0 fully saturated rings. The zero-order chi connectivity index (χ0) is 9.26. The predicted molar refractivity (Wildman–Crippen MR) is 51.2 cm³/mol. The van der Waals surface area contributed by atoms with Gasteiger partial charge in [0.2, 0.25) is 0 Å². The first-order valence-electron chi connectivity index (χ1n) is 4.20. The average Bonchev–Trinajstić information content (AvgIpc) is 2.60. The normalized spacial score (nSPS) is 13.4. The van der Waals surface area contributed by atoms with E-state index in [2.05, 4.69) is 4.98 Å². The van der Waals surface area contributed by atoms with Gasteiger partial charge in [-0.05, 0) is 11.6 Å². The zero-order valence-electron chi connectivity index (χ0n) is 7.13. The third-order valence-electron chi connectivity index (χ3n) is 2.19.